The number of rotatable bonds is 7. The molecule has 30 heavy (non-hydrogen) atoms. The number of nitrogens with zero attached hydrogens (tertiary/aromatic N) is 2. The second-order valence-electron chi connectivity index (χ2n) is 6.45. The number of nitrogen functional groups attached to an aromatic ring is 1. The lowest BCUT2D eigenvalue weighted by Crippen LogP contribution is -2.12. The van der Waals surface area contributed by atoms with E-state index in [9.17, 15) is 8.42 Å². The van der Waals surface area contributed by atoms with Crippen molar-refractivity contribution in [3.63, 3.8) is 0 Å². The molecule has 0 unspecified atom stereocenters. The highest BCUT2D eigenvalue weighted by Gasteiger charge is 2.14. The van der Waals surface area contributed by atoms with Crippen LogP contribution >= 0.6 is 23.2 Å². The number of aromatic nitrogens is 2. The number of hydrogen-bond acceptors (Lipinski definition) is 7. The van der Waals surface area contributed by atoms with Crippen LogP contribution < -0.4 is 21.9 Å². The second kappa shape index (κ2) is 9.15. The first-order valence-electron chi connectivity index (χ1n) is 8.86. The normalized spacial score (nSPS) is 11.5. The van der Waals surface area contributed by atoms with E-state index >= 15 is 0 Å². The van der Waals surface area contributed by atoms with E-state index in [1.54, 1.807) is 30.3 Å². The second-order valence-corrected chi connectivity index (χ2v) is 8.80. The van der Waals surface area contributed by atoms with Crippen LogP contribution in [0.15, 0.2) is 47.4 Å². The maximum Gasteiger partial charge on any atom is 0.238 e. The van der Waals surface area contributed by atoms with Gasteiger partial charge >= 0.3 is 0 Å². The summed E-state index contributed by atoms with van der Waals surface area (Å²) in [5, 5.41) is 9.09. The van der Waals surface area contributed by atoms with Gasteiger partial charge in [0, 0.05) is 24.7 Å². The average Bonchev–Trinajstić information content (AvgIpc) is 2.69. The van der Waals surface area contributed by atoms with E-state index in [-0.39, 0.29) is 17.4 Å². The van der Waals surface area contributed by atoms with Crippen molar-refractivity contribution in [2.45, 2.75) is 17.9 Å². The fourth-order valence-electron chi connectivity index (χ4n) is 2.91. The Balaban J connectivity index is 1.76. The summed E-state index contributed by atoms with van der Waals surface area (Å²) < 4.78 is 22.7. The number of benzene rings is 2. The Morgan fingerprint density at radius 1 is 1.03 bits per heavy atom. The minimum absolute atomic E-state index is 0.0739. The molecule has 0 bridgehead atoms. The number of sulfonamides is 1. The molecule has 158 valence electrons. The molecule has 0 aliphatic carbocycles. The standard InChI is InChI=1S/C19H20Cl2N6O2S/c20-15-6-5-13(14(10-22)18(15)21)16-9-17(27-19(23)26-16)25-8-7-11-1-3-12(4-2-11)30(24,28)29/h1-6,9H,7-8,10,22H2,(H2,24,28,29)(H3,23,25,26,27). The van der Waals surface area contributed by atoms with Crippen molar-refractivity contribution in [3.8, 4) is 11.3 Å². The van der Waals surface area contributed by atoms with Crippen LogP contribution in [0.3, 0.4) is 0 Å². The summed E-state index contributed by atoms with van der Waals surface area (Å²) in [6, 6.07) is 11.6. The third-order valence-corrected chi connectivity index (χ3v) is 6.16. The number of anilines is 2. The Labute approximate surface area is 184 Å². The lowest BCUT2D eigenvalue weighted by Gasteiger charge is -2.13. The van der Waals surface area contributed by atoms with Crippen LogP contribution in [0, 0.1) is 0 Å². The molecule has 0 saturated heterocycles. The zero-order valence-corrected chi connectivity index (χ0v) is 18.1. The van der Waals surface area contributed by atoms with Gasteiger partial charge in [0.2, 0.25) is 16.0 Å². The summed E-state index contributed by atoms with van der Waals surface area (Å²) in [6.07, 6.45) is 0.630. The summed E-state index contributed by atoms with van der Waals surface area (Å²) in [5.74, 6) is 0.634. The van der Waals surface area contributed by atoms with E-state index < -0.39 is 10.0 Å². The first kappa shape index (κ1) is 22.3. The minimum atomic E-state index is -3.70. The van der Waals surface area contributed by atoms with Crippen LogP contribution in [-0.2, 0) is 23.0 Å². The van der Waals surface area contributed by atoms with Crippen molar-refractivity contribution >= 4 is 45.0 Å². The van der Waals surface area contributed by atoms with Gasteiger partial charge in [0.15, 0.2) is 0 Å². The lowest BCUT2D eigenvalue weighted by molar-refractivity contribution is 0.598. The Hall–Kier alpha value is -2.43. The molecule has 0 fully saturated rings. The lowest BCUT2D eigenvalue weighted by atomic mass is 10.0. The van der Waals surface area contributed by atoms with Crippen LogP contribution in [0.2, 0.25) is 10.0 Å². The predicted octanol–water partition coefficient (Wildman–Crippen LogP) is 2.79. The largest absolute Gasteiger partial charge is 0.370 e. The quantitative estimate of drug-likeness (QED) is 0.417. The molecule has 1 heterocycles. The van der Waals surface area contributed by atoms with Crippen molar-refractivity contribution in [2.75, 3.05) is 17.6 Å². The Bertz CT molecular complexity index is 1170. The van der Waals surface area contributed by atoms with Gasteiger partial charge in [-0.1, -0.05) is 41.4 Å². The Morgan fingerprint density at radius 2 is 1.73 bits per heavy atom. The van der Waals surface area contributed by atoms with Crippen LogP contribution in [0.1, 0.15) is 11.1 Å². The molecule has 0 aliphatic heterocycles. The molecule has 8 nitrogen and oxygen atoms in total. The molecule has 0 saturated carbocycles. The first-order valence-corrected chi connectivity index (χ1v) is 11.2. The van der Waals surface area contributed by atoms with Crippen molar-refractivity contribution < 1.29 is 8.42 Å². The maximum absolute atomic E-state index is 11.3. The van der Waals surface area contributed by atoms with Crippen molar-refractivity contribution in [1.82, 2.24) is 9.97 Å². The number of nitrogens with two attached hydrogens (primary N) is 3. The van der Waals surface area contributed by atoms with Crippen molar-refractivity contribution in [2.24, 2.45) is 10.9 Å². The molecule has 0 spiro atoms. The Kier molecular flexibility index (Phi) is 6.79. The van der Waals surface area contributed by atoms with Crippen LogP contribution in [0.5, 0.6) is 0 Å². The maximum atomic E-state index is 11.3. The van der Waals surface area contributed by atoms with Gasteiger partial charge in [-0.05, 0) is 35.7 Å². The highest BCUT2D eigenvalue weighted by atomic mass is 35.5. The first-order chi connectivity index (χ1) is 14.2. The number of hydrogen-bond donors (Lipinski definition) is 4. The smallest absolute Gasteiger partial charge is 0.238 e. The zero-order chi connectivity index (χ0) is 21.9. The molecule has 0 radical (unpaired) electrons. The molecule has 3 aromatic rings. The molecular weight excluding hydrogens is 447 g/mol. The van der Waals surface area contributed by atoms with Gasteiger partial charge in [-0.2, -0.15) is 4.98 Å². The fraction of sp³-hybridized carbons (Fsp3) is 0.158. The molecule has 1 aromatic heterocycles. The average molecular weight is 467 g/mol. The van der Waals surface area contributed by atoms with Gasteiger partial charge in [0.25, 0.3) is 0 Å². The van der Waals surface area contributed by atoms with E-state index in [2.05, 4.69) is 15.3 Å². The van der Waals surface area contributed by atoms with Crippen LogP contribution in [0.4, 0.5) is 11.8 Å². The SMILES string of the molecule is NCc1c(-c2cc(NCCc3ccc(S(N)(=O)=O)cc3)nc(N)n2)ccc(Cl)c1Cl. The van der Waals surface area contributed by atoms with Gasteiger partial charge in [-0.15, -0.1) is 0 Å². The molecule has 0 atom stereocenters. The Morgan fingerprint density at radius 3 is 2.37 bits per heavy atom. The minimum Gasteiger partial charge on any atom is -0.370 e. The number of halogens is 2. The molecule has 3 rings (SSSR count). The summed E-state index contributed by atoms with van der Waals surface area (Å²) >= 11 is 12.3. The van der Waals surface area contributed by atoms with E-state index in [1.165, 1.54) is 12.1 Å². The molecule has 2 aromatic carbocycles. The molecular formula is C19H20Cl2N6O2S. The third kappa shape index (κ3) is 5.18. The fourth-order valence-corrected chi connectivity index (χ4v) is 3.84. The number of primary sulfonamides is 1. The predicted molar refractivity (Wildman–Crippen MR) is 120 cm³/mol. The molecule has 0 amide bonds. The van der Waals surface area contributed by atoms with Crippen molar-refractivity contribution in [3.05, 3.63) is 63.6 Å². The van der Waals surface area contributed by atoms with Crippen LogP contribution in [0.25, 0.3) is 11.3 Å². The highest BCUT2D eigenvalue weighted by molar-refractivity contribution is 7.89. The molecule has 0 aliphatic rings. The molecule has 7 N–H and O–H groups in total. The monoisotopic (exact) mass is 466 g/mol. The van der Waals surface area contributed by atoms with Gasteiger partial charge in [-0.3, -0.25) is 0 Å². The van der Waals surface area contributed by atoms with Gasteiger partial charge in [0.1, 0.15) is 5.82 Å². The van der Waals surface area contributed by atoms with E-state index in [1.807, 2.05) is 0 Å². The zero-order valence-electron chi connectivity index (χ0n) is 15.8. The summed E-state index contributed by atoms with van der Waals surface area (Å²) in [5.41, 5.74) is 14.6. The topological polar surface area (TPSA) is 150 Å². The summed E-state index contributed by atoms with van der Waals surface area (Å²) in [6.45, 7) is 0.728. The van der Waals surface area contributed by atoms with E-state index in [0.717, 1.165) is 11.1 Å². The van der Waals surface area contributed by atoms with E-state index in [0.29, 0.717) is 40.1 Å². The molecule has 11 heteroatoms. The van der Waals surface area contributed by atoms with Gasteiger partial charge < -0.3 is 16.8 Å². The van der Waals surface area contributed by atoms with Gasteiger partial charge in [0.05, 0.1) is 20.6 Å². The number of nitrogens with one attached hydrogen (secondary N) is 1. The van der Waals surface area contributed by atoms with Crippen LogP contribution in [-0.4, -0.2) is 24.9 Å². The highest BCUT2D eigenvalue weighted by Crippen LogP contribution is 2.34. The third-order valence-electron chi connectivity index (χ3n) is 4.39. The summed E-state index contributed by atoms with van der Waals surface area (Å²) in [7, 11) is -3.70. The van der Waals surface area contributed by atoms with Gasteiger partial charge in [-0.25, -0.2) is 18.5 Å². The van der Waals surface area contributed by atoms with Crippen molar-refractivity contribution in [1.29, 1.82) is 0 Å². The van der Waals surface area contributed by atoms with E-state index in [4.69, 9.17) is 39.8 Å². The summed E-state index contributed by atoms with van der Waals surface area (Å²) in [4.78, 5) is 8.56.